The highest BCUT2D eigenvalue weighted by Crippen LogP contribution is 2.25. The fraction of sp³-hybridized carbons (Fsp3) is 0.800. The molecule has 2 heterocycles. The molecule has 0 aromatic heterocycles. The predicted octanol–water partition coefficient (Wildman–Crippen LogP) is 0.958. The Balaban J connectivity index is 1.87. The van der Waals surface area contributed by atoms with Crippen LogP contribution in [0.15, 0.2) is 0 Å². The highest BCUT2D eigenvalue weighted by molar-refractivity contribution is 5.89. The Kier molecular flexibility index (Phi) is 5.20. The number of carbonyl (C=O) groups is 3. The molecule has 2 atom stereocenters. The Labute approximate surface area is 125 Å². The molecule has 1 N–H and O–H groups in total. The zero-order chi connectivity index (χ0) is 15.4. The van der Waals surface area contributed by atoms with E-state index in [1.165, 1.54) is 0 Å². The molecule has 118 valence electrons. The molecule has 2 fully saturated rings. The molecule has 6 heteroatoms. The first-order chi connectivity index (χ1) is 10.0. The van der Waals surface area contributed by atoms with Crippen LogP contribution in [0.25, 0.3) is 0 Å². The molecule has 6 nitrogen and oxygen atoms in total. The maximum Gasteiger partial charge on any atom is 0.303 e. The summed E-state index contributed by atoms with van der Waals surface area (Å²) in [6.07, 6.45) is 3.03. The molecule has 2 amide bonds. The van der Waals surface area contributed by atoms with Crippen molar-refractivity contribution < 1.29 is 19.5 Å². The summed E-state index contributed by atoms with van der Waals surface area (Å²) in [6.45, 7) is 4.49. The Morgan fingerprint density at radius 3 is 2.71 bits per heavy atom. The molecule has 0 aliphatic carbocycles. The fourth-order valence-electron chi connectivity index (χ4n) is 3.33. The van der Waals surface area contributed by atoms with Crippen molar-refractivity contribution in [2.75, 3.05) is 26.2 Å². The molecule has 0 aromatic rings. The fourth-order valence-corrected chi connectivity index (χ4v) is 3.33. The zero-order valence-electron chi connectivity index (χ0n) is 12.6. The molecule has 0 unspecified atom stereocenters. The molecule has 0 radical (unpaired) electrons. The Morgan fingerprint density at radius 2 is 2.10 bits per heavy atom. The number of likely N-dealkylation sites (tertiary alicyclic amines) is 2. The molecule has 21 heavy (non-hydrogen) atoms. The van der Waals surface area contributed by atoms with Crippen molar-refractivity contribution >= 4 is 17.8 Å². The van der Waals surface area contributed by atoms with Crippen LogP contribution in [-0.4, -0.2) is 58.9 Å². The van der Waals surface area contributed by atoms with E-state index in [1.54, 1.807) is 4.90 Å². The molecule has 0 saturated carbocycles. The lowest BCUT2D eigenvalue weighted by Crippen LogP contribution is -2.43. The Bertz CT molecular complexity index is 424. The first-order valence-corrected chi connectivity index (χ1v) is 7.79. The van der Waals surface area contributed by atoms with Crippen LogP contribution in [0.1, 0.15) is 39.0 Å². The van der Waals surface area contributed by atoms with Gasteiger partial charge in [-0.25, -0.2) is 0 Å². The predicted molar refractivity (Wildman–Crippen MR) is 76.5 cm³/mol. The second-order valence-corrected chi connectivity index (χ2v) is 6.06. The van der Waals surface area contributed by atoms with E-state index >= 15 is 0 Å². The first kappa shape index (κ1) is 15.8. The molecule has 2 aliphatic heterocycles. The maximum atomic E-state index is 12.5. The summed E-state index contributed by atoms with van der Waals surface area (Å²) < 4.78 is 0. The minimum Gasteiger partial charge on any atom is -0.481 e. The van der Waals surface area contributed by atoms with Crippen LogP contribution in [0.2, 0.25) is 0 Å². The number of amides is 2. The van der Waals surface area contributed by atoms with Crippen molar-refractivity contribution in [1.82, 2.24) is 9.80 Å². The number of nitrogens with zero attached hydrogens (tertiary/aromatic N) is 2. The number of carbonyl (C=O) groups excluding carboxylic acids is 2. The van der Waals surface area contributed by atoms with Gasteiger partial charge < -0.3 is 14.9 Å². The van der Waals surface area contributed by atoms with Gasteiger partial charge in [0.1, 0.15) is 0 Å². The summed E-state index contributed by atoms with van der Waals surface area (Å²) in [6, 6.07) is 0. The molecule has 2 rings (SSSR count). The number of carboxylic acids is 1. The van der Waals surface area contributed by atoms with Crippen LogP contribution in [0, 0.1) is 11.8 Å². The van der Waals surface area contributed by atoms with Crippen molar-refractivity contribution in [2.45, 2.75) is 39.0 Å². The van der Waals surface area contributed by atoms with E-state index in [9.17, 15) is 14.4 Å². The first-order valence-electron chi connectivity index (χ1n) is 7.79. The second kappa shape index (κ2) is 6.91. The number of rotatable bonds is 5. The third kappa shape index (κ3) is 3.95. The van der Waals surface area contributed by atoms with Gasteiger partial charge in [-0.05, 0) is 32.1 Å². The van der Waals surface area contributed by atoms with Gasteiger partial charge in [-0.3, -0.25) is 14.4 Å². The lowest BCUT2D eigenvalue weighted by Gasteiger charge is -2.34. The van der Waals surface area contributed by atoms with Crippen molar-refractivity contribution in [3.63, 3.8) is 0 Å². The topological polar surface area (TPSA) is 77.9 Å². The van der Waals surface area contributed by atoms with Gasteiger partial charge in [-0.15, -0.1) is 0 Å². The van der Waals surface area contributed by atoms with Crippen LogP contribution in [0.5, 0.6) is 0 Å². The van der Waals surface area contributed by atoms with Crippen molar-refractivity contribution in [1.29, 1.82) is 0 Å². The van der Waals surface area contributed by atoms with Gasteiger partial charge in [0.2, 0.25) is 11.8 Å². The average Bonchev–Trinajstić information content (AvgIpc) is 2.85. The molecular formula is C15H24N2O4. The molecule has 0 spiro atoms. The van der Waals surface area contributed by atoms with E-state index < -0.39 is 5.97 Å². The quantitative estimate of drug-likeness (QED) is 0.819. The van der Waals surface area contributed by atoms with Crippen molar-refractivity contribution in [3.8, 4) is 0 Å². The van der Waals surface area contributed by atoms with Crippen molar-refractivity contribution in [3.05, 3.63) is 0 Å². The van der Waals surface area contributed by atoms with Crippen LogP contribution in [0.4, 0.5) is 0 Å². The van der Waals surface area contributed by atoms with Gasteiger partial charge in [-0.2, -0.15) is 0 Å². The number of hydrogen-bond donors (Lipinski definition) is 1. The highest BCUT2D eigenvalue weighted by atomic mass is 16.4. The van der Waals surface area contributed by atoms with Crippen LogP contribution < -0.4 is 0 Å². The van der Waals surface area contributed by atoms with E-state index in [4.69, 9.17) is 5.11 Å². The van der Waals surface area contributed by atoms with Gasteiger partial charge in [0.05, 0.1) is 5.92 Å². The molecule has 2 aliphatic rings. The standard InChI is InChI=1S/C15H24N2O4/c1-2-16-10-12(8-13(16)18)15(21)17-7-3-4-11(9-17)5-6-14(19)20/h11-12H,2-10H2,1H3,(H,19,20)/t11-,12-/m0/s1. The minimum atomic E-state index is -0.779. The normalized spacial score (nSPS) is 26.2. The summed E-state index contributed by atoms with van der Waals surface area (Å²) >= 11 is 0. The monoisotopic (exact) mass is 296 g/mol. The third-order valence-electron chi connectivity index (χ3n) is 4.54. The number of aliphatic carboxylic acids is 1. The number of carboxylic acid groups (broad SMARTS) is 1. The van der Waals surface area contributed by atoms with Crippen LogP contribution in [0.3, 0.4) is 0 Å². The summed E-state index contributed by atoms with van der Waals surface area (Å²) in [5, 5.41) is 8.75. The summed E-state index contributed by atoms with van der Waals surface area (Å²) in [5.41, 5.74) is 0. The summed E-state index contributed by atoms with van der Waals surface area (Å²) in [7, 11) is 0. The van der Waals surface area contributed by atoms with Gasteiger partial charge >= 0.3 is 5.97 Å². The van der Waals surface area contributed by atoms with Gasteiger partial charge in [0.25, 0.3) is 0 Å². The Hall–Kier alpha value is -1.59. The van der Waals surface area contributed by atoms with Gasteiger partial charge in [0.15, 0.2) is 0 Å². The smallest absolute Gasteiger partial charge is 0.303 e. The summed E-state index contributed by atoms with van der Waals surface area (Å²) in [4.78, 5) is 38.5. The number of piperidine rings is 1. The maximum absolute atomic E-state index is 12.5. The van der Waals surface area contributed by atoms with Crippen LogP contribution >= 0.6 is 0 Å². The minimum absolute atomic E-state index is 0.0651. The molecule has 2 saturated heterocycles. The largest absolute Gasteiger partial charge is 0.481 e. The molecular weight excluding hydrogens is 272 g/mol. The lowest BCUT2D eigenvalue weighted by atomic mass is 9.92. The summed E-state index contributed by atoms with van der Waals surface area (Å²) in [5.74, 6) is -0.582. The van der Waals surface area contributed by atoms with Gasteiger partial charge in [0, 0.05) is 39.0 Å². The van der Waals surface area contributed by atoms with E-state index in [1.807, 2.05) is 11.8 Å². The zero-order valence-corrected chi connectivity index (χ0v) is 12.6. The van der Waals surface area contributed by atoms with E-state index in [0.717, 1.165) is 19.4 Å². The highest BCUT2D eigenvalue weighted by Gasteiger charge is 2.36. The molecule has 0 bridgehead atoms. The van der Waals surface area contributed by atoms with E-state index in [-0.39, 0.29) is 30.1 Å². The number of hydrogen-bond acceptors (Lipinski definition) is 3. The average molecular weight is 296 g/mol. The van der Waals surface area contributed by atoms with E-state index in [2.05, 4.69) is 0 Å². The SMILES string of the molecule is CCN1C[C@@H](C(=O)N2CCC[C@@H](CCC(=O)O)C2)CC1=O. The van der Waals surface area contributed by atoms with Gasteiger partial charge in [-0.1, -0.05) is 0 Å². The van der Waals surface area contributed by atoms with Crippen LogP contribution in [-0.2, 0) is 14.4 Å². The molecule has 0 aromatic carbocycles. The van der Waals surface area contributed by atoms with E-state index in [0.29, 0.717) is 32.5 Å². The van der Waals surface area contributed by atoms with Crippen molar-refractivity contribution in [2.24, 2.45) is 11.8 Å². The Morgan fingerprint density at radius 1 is 1.33 bits per heavy atom. The third-order valence-corrected chi connectivity index (χ3v) is 4.54. The second-order valence-electron chi connectivity index (χ2n) is 6.06. The lowest BCUT2D eigenvalue weighted by molar-refractivity contribution is -0.138.